The van der Waals surface area contributed by atoms with E-state index in [0.29, 0.717) is 5.88 Å². The monoisotopic (exact) mass is 451 g/mol. The second kappa shape index (κ2) is 8.72. The number of ether oxygens (including phenoxy) is 1. The average molecular weight is 452 g/mol. The zero-order valence-corrected chi connectivity index (χ0v) is 18.9. The van der Waals surface area contributed by atoms with Crippen LogP contribution in [0.4, 0.5) is 0 Å². The lowest BCUT2D eigenvalue weighted by Gasteiger charge is -2.23. The molecule has 1 aromatic carbocycles. The molecule has 1 fully saturated rings. The van der Waals surface area contributed by atoms with Crippen molar-refractivity contribution in [1.82, 2.24) is 34.8 Å². The number of rotatable bonds is 5. The van der Waals surface area contributed by atoms with Gasteiger partial charge in [0.05, 0.1) is 23.8 Å². The predicted molar refractivity (Wildman–Crippen MR) is 131 cm³/mol. The van der Waals surface area contributed by atoms with Crippen LogP contribution in [0.25, 0.3) is 39.2 Å². The zero-order chi connectivity index (χ0) is 22.9. The fourth-order valence-electron chi connectivity index (χ4n) is 4.46. The number of aromatic nitrogens is 6. The van der Waals surface area contributed by atoms with Gasteiger partial charge < -0.3 is 15.0 Å². The van der Waals surface area contributed by atoms with Crippen molar-refractivity contribution in [3.8, 4) is 34.2 Å². The van der Waals surface area contributed by atoms with Crippen molar-refractivity contribution in [3.63, 3.8) is 0 Å². The highest BCUT2D eigenvalue weighted by Gasteiger charge is 2.16. The van der Waals surface area contributed by atoms with Gasteiger partial charge >= 0.3 is 0 Å². The molecule has 8 heteroatoms. The molecule has 8 nitrogen and oxygen atoms in total. The summed E-state index contributed by atoms with van der Waals surface area (Å²) in [6.07, 6.45) is 11.4. The normalized spacial score (nSPS) is 16.1. The molecular weight excluding hydrogens is 426 g/mol. The summed E-state index contributed by atoms with van der Waals surface area (Å²) in [6, 6.07) is 12.3. The van der Waals surface area contributed by atoms with Crippen molar-refractivity contribution >= 4 is 10.9 Å². The summed E-state index contributed by atoms with van der Waals surface area (Å²) in [7, 11) is 0. The number of aromatic amines is 1. The Morgan fingerprint density at radius 2 is 2.06 bits per heavy atom. The summed E-state index contributed by atoms with van der Waals surface area (Å²) in [5.41, 5.74) is 4.72. The highest BCUT2D eigenvalue weighted by atomic mass is 16.5. The lowest BCUT2D eigenvalue weighted by molar-refractivity contribution is 0.160. The number of benzene rings is 1. The van der Waals surface area contributed by atoms with E-state index in [4.69, 9.17) is 14.7 Å². The van der Waals surface area contributed by atoms with Crippen LogP contribution in [0, 0.1) is 6.92 Å². The van der Waals surface area contributed by atoms with Gasteiger partial charge in [-0.25, -0.2) is 15.0 Å². The van der Waals surface area contributed by atoms with Crippen LogP contribution < -0.4 is 10.1 Å². The molecule has 5 aromatic rings. The van der Waals surface area contributed by atoms with Gasteiger partial charge in [0.1, 0.15) is 17.7 Å². The number of aryl methyl sites for hydroxylation is 1. The molecule has 0 bridgehead atoms. The van der Waals surface area contributed by atoms with Crippen LogP contribution in [-0.2, 0) is 0 Å². The quantitative estimate of drug-likeness (QED) is 0.414. The second-order valence-corrected chi connectivity index (χ2v) is 8.52. The number of fused-ring (bicyclic) bond motifs is 1. The molecule has 34 heavy (non-hydrogen) atoms. The summed E-state index contributed by atoms with van der Waals surface area (Å²) in [4.78, 5) is 21.7. The van der Waals surface area contributed by atoms with Crippen LogP contribution in [0.2, 0.25) is 0 Å². The van der Waals surface area contributed by atoms with Gasteiger partial charge in [-0.1, -0.05) is 12.1 Å². The SMILES string of the molecule is Cc1nccn1-c1cccc(-c2ccc3[nH]cc(-c4cncc(OC5CCCNC5)n4)c3c2)n1. The molecule has 0 spiro atoms. The summed E-state index contributed by atoms with van der Waals surface area (Å²) in [6.45, 7) is 3.85. The third-order valence-corrected chi connectivity index (χ3v) is 6.21. The van der Waals surface area contributed by atoms with Crippen molar-refractivity contribution in [3.05, 3.63) is 73.2 Å². The molecule has 1 unspecified atom stereocenters. The Labute approximate surface area is 197 Å². The van der Waals surface area contributed by atoms with Gasteiger partial charge in [0, 0.05) is 47.2 Å². The first-order valence-corrected chi connectivity index (χ1v) is 11.5. The van der Waals surface area contributed by atoms with Crippen molar-refractivity contribution in [2.45, 2.75) is 25.9 Å². The van der Waals surface area contributed by atoms with Crippen molar-refractivity contribution in [2.24, 2.45) is 0 Å². The van der Waals surface area contributed by atoms with E-state index in [1.54, 1.807) is 18.6 Å². The molecule has 5 heterocycles. The third-order valence-electron chi connectivity index (χ3n) is 6.21. The van der Waals surface area contributed by atoms with Gasteiger partial charge in [0.25, 0.3) is 0 Å². The number of nitrogens with one attached hydrogen (secondary N) is 2. The smallest absolute Gasteiger partial charge is 0.233 e. The van der Waals surface area contributed by atoms with Gasteiger partial charge in [-0.05, 0) is 50.6 Å². The average Bonchev–Trinajstić information content (AvgIpc) is 3.50. The molecule has 170 valence electrons. The van der Waals surface area contributed by atoms with Gasteiger partial charge in [0.2, 0.25) is 5.88 Å². The molecule has 0 saturated carbocycles. The Balaban J connectivity index is 1.35. The molecule has 2 N–H and O–H groups in total. The first kappa shape index (κ1) is 20.6. The highest BCUT2D eigenvalue weighted by Crippen LogP contribution is 2.31. The molecular formula is C26H25N7O. The standard InChI is InChI=1S/C26H25N7O/c1-17-29-10-11-33(17)25-6-2-5-22(31-25)18-7-8-23-20(12-18)21(14-30-23)24-15-28-16-26(32-24)34-19-4-3-9-27-13-19/h2,5-8,10-12,14-16,19,27,30H,3-4,9,13H2,1H3. The number of nitrogens with zero attached hydrogens (tertiary/aromatic N) is 5. The molecule has 0 aliphatic carbocycles. The fraction of sp³-hybridized carbons (Fsp3) is 0.231. The van der Waals surface area contributed by atoms with Crippen LogP contribution in [0.1, 0.15) is 18.7 Å². The van der Waals surface area contributed by atoms with Crippen molar-refractivity contribution in [2.75, 3.05) is 13.1 Å². The predicted octanol–water partition coefficient (Wildman–Crippen LogP) is 4.31. The first-order chi connectivity index (χ1) is 16.7. The fourth-order valence-corrected chi connectivity index (χ4v) is 4.46. The molecule has 1 atom stereocenters. The minimum Gasteiger partial charge on any atom is -0.472 e. The van der Waals surface area contributed by atoms with E-state index in [9.17, 15) is 0 Å². The molecule has 0 amide bonds. The number of pyridine rings is 1. The van der Waals surface area contributed by atoms with E-state index in [1.807, 2.05) is 42.1 Å². The number of hydrogen-bond donors (Lipinski definition) is 2. The molecule has 1 aliphatic heterocycles. The molecule has 4 aromatic heterocycles. The lowest BCUT2D eigenvalue weighted by Crippen LogP contribution is -2.37. The van der Waals surface area contributed by atoms with Crippen LogP contribution in [0.5, 0.6) is 5.88 Å². The second-order valence-electron chi connectivity index (χ2n) is 8.52. The van der Waals surface area contributed by atoms with E-state index in [-0.39, 0.29) is 6.10 Å². The maximum Gasteiger partial charge on any atom is 0.233 e. The number of hydrogen-bond acceptors (Lipinski definition) is 6. The van der Waals surface area contributed by atoms with E-state index in [1.165, 1.54) is 0 Å². The maximum atomic E-state index is 6.09. The van der Waals surface area contributed by atoms with Crippen molar-refractivity contribution < 1.29 is 4.74 Å². The summed E-state index contributed by atoms with van der Waals surface area (Å²) >= 11 is 0. The molecule has 6 rings (SSSR count). The zero-order valence-electron chi connectivity index (χ0n) is 18.9. The van der Waals surface area contributed by atoms with Crippen LogP contribution in [0.15, 0.2) is 67.4 Å². The van der Waals surface area contributed by atoms with E-state index in [2.05, 4.69) is 38.5 Å². The van der Waals surface area contributed by atoms with E-state index < -0.39 is 0 Å². The Kier molecular flexibility index (Phi) is 5.27. The van der Waals surface area contributed by atoms with Crippen LogP contribution >= 0.6 is 0 Å². The Bertz CT molecular complexity index is 1450. The Hall–Kier alpha value is -4.04. The van der Waals surface area contributed by atoms with Gasteiger partial charge in [0.15, 0.2) is 0 Å². The minimum absolute atomic E-state index is 0.130. The lowest BCUT2D eigenvalue weighted by atomic mass is 10.1. The summed E-state index contributed by atoms with van der Waals surface area (Å²) in [5.74, 6) is 2.30. The molecule has 1 aliphatic rings. The number of piperidine rings is 1. The van der Waals surface area contributed by atoms with Crippen LogP contribution in [-0.4, -0.2) is 48.7 Å². The Morgan fingerprint density at radius 1 is 1.09 bits per heavy atom. The largest absolute Gasteiger partial charge is 0.472 e. The number of H-pyrrole nitrogens is 1. The van der Waals surface area contributed by atoms with E-state index in [0.717, 1.165) is 71.0 Å². The van der Waals surface area contributed by atoms with Gasteiger partial charge in [-0.2, -0.15) is 0 Å². The highest BCUT2D eigenvalue weighted by molar-refractivity contribution is 5.96. The summed E-state index contributed by atoms with van der Waals surface area (Å²) in [5, 5.41) is 4.43. The van der Waals surface area contributed by atoms with Crippen molar-refractivity contribution in [1.29, 1.82) is 0 Å². The Morgan fingerprint density at radius 3 is 2.91 bits per heavy atom. The third kappa shape index (κ3) is 3.92. The minimum atomic E-state index is 0.130. The topological polar surface area (TPSA) is 93.5 Å². The molecule has 0 radical (unpaired) electrons. The maximum absolute atomic E-state index is 6.09. The summed E-state index contributed by atoms with van der Waals surface area (Å²) < 4.78 is 8.07. The van der Waals surface area contributed by atoms with Crippen LogP contribution in [0.3, 0.4) is 0 Å². The van der Waals surface area contributed by atoms with E-state index >= 15 is 0 Å². The van der Waals surface area contributed by atoms with Gasteiger partial charge in [-0.15, -0.1) is 0 Å². The molecule has 1 saturated heterocycles. The van der Waals surface area contributed by atoms with Gasteiger partial charge in [-0.3, -0.25) is 9.55 Å². The first-order valence-electron chi connectivity index (χ1n) is 11.5. The number of imidazole rings is 1.